The Morgan fingerprint density at radius 1 is 1.38 bits per heavy atom. The van der Waals surface area contributed by atoms with Gasteiger partial charge in [0, 0.05) is 18.8 Å². The SMILES string of the molecule is CCCN(C)Cc1cccc2c1NCC2.Cl. The highest BCUT2D eigenvalue weighted by molar-refractivity contribution is 5.85. The van der Waals surface area contributed by atoms with Crippen LogP contribution >= 0.6 is 12.4 Å². The first kappa shape index (κ1) is 13.3. The van der Waals surface area contributed by atoms with E-state index in [1.165, 1.54) is 36.2 Å². The zero-order chi connectivity index (χ0) is 10.7. The van der Waals surface area contributed by atoms with Crippen LogP contribution in [0.25, 0.3) is 0 Å². The highest BCUT2D eigenvalue weighted by Gasteiger charge is 2.13. The maximum absolute atomic E-state index is 3.49. The summed E-state index contributed by atoms with van der Waals surface area (Å²) in [5.41, 5.74) is 4.32. The smallest absolute Gasteiger partial charge is 0.0419 e. The van der Waals surface area contributed by atoms with Crippen molar-refractivity contribution < 1.29 is 0 Å². The highest BCUT2D eigenvalue weighted by Crippen LogP contribution is 2.27. The molecule has 0 spiro atoms. The van der Waals surface area contributed by atoms with Crippen LogP contribution in [0.3, 0.4) is 0 Å². The molecule has 0 radical (unpaired) electrons. The number of nitrogens with one attached hydrogen (secondary N) is 1. The molecule has 1 N–H and O–H groups in total. The van der Waals surface area contributed by atoms with Crippen LogP contribution in [0.5, 0.6) is 0 Å². The molecule has 16 heavy (non-hydrogen) atoms. The third-order valence-corrected chi connectivity index (χ3v) is 2.98. The van der Waals surface area contributed by atoms with Gasteiger partial charge in [-0.25, -0.2) is 0 Å². The molecule has 0 unspecified atom stereocenters. The van der Waals surface area contributed by atoms with Gasteiger partial charge in [0.15, 0.2) is 0 Å². The molecule has 0 aromatic heterocycles. The predicted molar refractivity (Wildman–Crippen MR) is 72.5 cm³/mol. The van der Waals surface area contributed by atoms with Crippen molar-refractivity contribution in [2.24, 2.45) is 0 Å². The summed E-state index contributed by atoms with van der Waals surface area (Å²) in [7, 11) is 2.19. The molecule has 0 atom stereocenters. The van der Waals surface area contributed by atoms with Crippen LogP contribution in [0, 0.1) is 0 Å². The van der Waals surface area contributed by atoms with Gasteiger partial charge in [0.2, 0.25) is 0 Å². The fourth-order valence-electron chi connectivity index (χ4n) is 2.29. The maximum atomic E-state index is 3.49. The Bertz CT molecular complexity index is 339. The zero-order valence-corrected chi connectivity index (χ0v) is 10.9. The third-order valence-electron chi connectivity index (χ3n) is 2.98. The predicted octanol–water partition coefficient (Wildman–Crippen LogP) is 2.92. The molecule has 0 amide bonds. The summed E-state index contributed by atoms with van der Waals surface area (Å²) in [6.45, 7) is 5.56. The molecule has 3 heteroatoms. The van der Waals surface area contributed by atoms with E-state index in [4.69, 9.17) is 0 Å². The number of hydrogen-bond donors (Lipinski definition) is 1. The molecular weight excluding hydrogens is 220 g/mol. The van der Waals surface area contributed by atoms with Gasteiger partial charge in [-0.05, 0) is 37.6 Å². The van der Waals surface area contributed by atoms with Crippen LogP contribution in [-0.2, 0) is 13.0 Å². The number of hydrogen-bond acceptors (Lipinski definition) is 2. The van der Waals surface area contributed by atoms with Gasteiger partial charge >= 0.3 is 0 Å². The fourth-order valence-corrected chi connectivity index (χ4v) is 2.29. The number of rotatable bonds is 4. The standard InChI is InChI=1S/C13H20N2.ClH/c1-3-9-15(2)10-12-6-4-5-11-7-8-14-13(11)12;/h4-6,14H,3,7-10H2,1-2H3;1H. The normalized spacial score (nSPS) is 13.2. The number of anilines is 1. The van der Waals surface area contributed by atoms with Crippen LogP contribution in [-0.4, -0.2) is 25.0 Å². The minimum atomic E-state index is 0. The molecule has 1 aromatic carbocycles. The van der Waals surface area contributed by atoms with E-state index in [1.54, 1.807) is 0 Å². The molecule has 1 aliphatic heterocycles. The second-order valence-electron chi connectivity index (χ2n) is 4.37. The van der Waals surface area contributed by atoms with Crippen LogP contribution < -0.4 is 5.32 Å². The van der Waals surface area contributed by atoms with Crippen molar-refractivity contribution in [1.29, 1.82) is 0 Å². The lowest BCUT2D eigenvalue weighted by Crippen LogP contribution is -2.19. The summed E-state index contributed by atoms with van der Waals surface area (Å²) < 4.78 is 0. The highest BCUT2D eigenvalue weighted by atomic mass is 35.5. The molecule has 2 rings (SSSR count). The Labute approximate surface area is 104 Å². The lowest BCUT2D eigenvalue weighted by Gasteiger charge is -2.17. The molecule has 0 fully saturated rings. The van der Waals surface area contributed by atoms with Gasteiger partial charge in [0.25, 0.3) is 0 Å². The second-order valence-corrected chi connectivity index (χ2v) is 4.37. The maximum Gasteiger partial charge on any atom is 0.0419 e. The van der Waals surface area contributed by atoms with Gasteiger partial charge in [-0.2, -0.15) is 0 Å². The summed E-state index contributed by atoms with van der Waals surface area (Å²) in [5, 5.41) is 3.49. The summed E-state index contributed by atoms with van der Waals surface area (Å²) in [5.74, 6) is 0. The number of para-hydroxylation sites is 1. The van der Waals surface area contributed by atoms with E-state index in [-0.39, 0.29) is 12.4 Å². The molecule has 2 nitrogen and oxygen atoms in total. The second kappa shape index (κ2) is 6.12. The Morgan fingerprint density at radius 2 is 2.19 bits per heavy atom. The Kier molecular flexibility index (Phi) is 5.10. The van der Waals surface area contributed by atoms with E-state index in [2.05, 4.69) is 42.4 Å². The molecule has 0 saturated heterocycles. The average molecular weight is 241 g/mol. The van der Waals surface area contributed by atoms with Crippen molar-refractivity contribution in [1.82, 2.24) is 4.90 Å². The van der Waals surface area contributed by atoms with Gasteiger partial charge in [0.05, 0.1) is 0 Å². The minimum absolute atomic E-state index is 0. The molecule has 0 aliphatic carbocycles. The molecule has 0 bridgehead atoms. The summed E-state index contributed by atoms with van der Waals surface area (Å²) in [4.78, 5) is 2.38. The molecule has 90 valence electrons. The van der Waals surface area contributed by atoms with Crippen molar-refractivity contribution in [3.8, 4) is 0 Å². The van der Waals surface area contributed by atoms with E-state index >= 15 is 0 Å². The third kappa shape index (κ3) is 2.89. The van der Waals surface area contributed by atoms with Crippen LogP contribution in [0.1, 0.15) is 24.5 Å². The first-order valence-corrected chi connectivity index (χ1v) is 5.84. The number of fused-ring (bicyclic) bond motifs is 1. The van der Waals surface area contributed by atoms with Crippen molar-refractivity contribution in [2.75, 3.05) is 25.5 Å². The largest absolute Gasteiger partial charge is 0.384 e. The van der Waals surface area contributed by atoms with Crippen LogP contribution in [0.2, 0.25) is 0 Å². The van der Waals surface area contributed by atoms with Crippen molar-refractivity contribution in [3.63, 3.8) is 0 Å². The van der Waals surface area contributed by atoms with Crippen molar-refractivity contribution in [3.05, 3.63) is 29.3 Å². The van der Waals surface area contributed by atoms with Crippen LogP contribution in [0.4, 0.5) is 5.69 Å². The molecule has 1 aromatic rings. The van der Waals surface area contributed by atoms with E-state index in [9.17, 15) is 0 Å². The number of halogens is 1. The summed E-state index contributed by atoms with van der Waals surface area (Å²) in [6.07, 6.45) is 2.40. The number of nitrogens with zero attached hydrogens (tertiary/aromatic N) is 1. The first-order valence-electron chi connectivity index (χ1n) is 5.84. The van der Waals surface area contributed by atoms with Crippen molar-refractivity contribution >= 4 is 18.1 Å². The minimum Gasteiger partial charge on any atom is -0.384 e. The monoisotopic (exact) mass is 240 g/mol. The van der Waals surface area contributed by atoms with Gasteiger partial charge in [-0.1, -0.05) is 25.1 Å². The van der Waals surface area contributed by atoms with Crippen LogP contribution in [0.15, 0.2) is 18.2 Å². The van der Waals surface area contributed by atoms with Gasteiger partial charge in [-0.15, -0.1) is 12.4 Å². The zero-order valence-electron chi connectivity index (χ0n) is 10.1. The summed E-state index contributed by atoms with van der Waals surface area (Å²) >= 11 is 0. The van der Waals surface area contributed by atoms with E-state index in [1.807, 2.05) is 0 Å². The van der Waals surface area contributed by atoms with E-state index in [0.29, 0.717) is 0 Å². The molecular formula is C13H21ClN2. The lowest BCUT2D eigenvalue weighted by molar-refractivity contribution is 0.328. The Hall–Kier alpha value is -0.730. The van der Waals surface area contributed by atoms with Gasteiger partial charge in [-0.3, -0.25) is 0 Å². The first-order chi connectivity index (χ1) is 7.31. The van der Waals surface area contributed by atoms with E-state index < -0.39 is 0 Å². The van der Waals surface area contributed by atoms with E-state index in [0.717, 1.165) is 13.1 Å². The van der Waals surface area contributed by atoms with Gasteiger partial charge in [0.1, 0.15) is 0 Å². The lowest BCUT2D eigenvalue weighted by atomic mass is 10.1. The average Bonchev–Trinajstić information content (AvgIpc) is 2.67. The quantitative estimate of drug-likeness (QED) is 0.871. The van der Waals surface area contributed by atoms with Crippen molar-refractivity contribution in [2.45, 2.75) is 26.3 Å². The number of benzene rings is 1. The molecule has 1 aliphatic rings. The Morgan fingerprint density at radius 3 is 2.94 bits per heavy atom. The Balaban J connectivity index is 0.00000128. The topological polar surface area (TPSA) is 15.3 Å². The van der Waals surface area contributed by atoms with Gasteiger partial charge < -0.3 is 10.2 Å². The fraction of sp³-hybridized carbons (Fsp3) is 0.538. The summed E-state index contributed by atoms with van der Waals surface area (Å²) in [6, 6.07) is 6.66. The molecule has 0 saturated carbocycles. The molecule has 1 heterocycles.